The van der Waals surface area contributed by atoms with E-state index in [1.54, 1.807) is 0 Å². The summed E-state index contributed by atoms with van der Waals surface area (Å²) >= 11 is 0. The van der Waals surface area contributed by atoms with Crippen LogP contribution in [0.25, 0.3) is 66.1 Å². The van der Waals surface area contributed by atoms with Crippen LogP contribution in [-0.2, 0) is 5.41 Å². The Bertz CT molecular complexity index is 2620. The molecule has 1 nitrogen and oxygen atoms in total. The predicted octanol–water partition coefficient (Wildman–Crippen LogP) is 11.8. The van der Waals surface area contributed by atoms with Gasteiger partial charge in [-0.3, -0.25) is 0 Å². The number of hydrogen-bond donors (Lipinski definition) is 0. The first-order valence-corrected chi connectivity index (χ1v) is 16.0. The highest BCUT2D eigenvalue weighted by atomic mass is 16.5. The van der Waals surface area contributed by atoms with Crippen LogP contribution in [0.15, 0.2) is 158 Å². The van der Waals surface area contributed by atoms with Gasteiger partial charge in [0.25, 0.3) is 0 Å². The third kappa shape index (κ3) is 2.87. The van der Waals surface area contributed by atoms with Gasteiger partial charge in [0.05, 0.1) is 5.41 Å². The molecule has 8 aromatic carbocycles. The molecule has 8 aromatic rings. The number of hydrogen-bond acceptors (Lipinski definition) is 1. The van der Waals surface area contributed by atoms with Crippen molar-refractivity contribution in [2.75, 3.05) is 0 Å². The monoisotopic (exact) mass is 582 g/mol. The summed E-state index contributed by atoms with van der Waals surface area (Å²) in [5.74, 6) is 1.85. The van der Waals surface area contributed by atoms with Gasteiger partial charge in [-0.05, 0) is 90.0 Å². The van der Waals surface area contributed by atoms with E-state index in [4.69, 9.17) is 4.74 Å². The van der Waals surface area contributed by atoms with Crippen molar-refractivity contribution in [3.05, 3.63) is 180 Å². The zero-order valence-electron chi connectivity index (χ0n) is 24.9. The van der Waals surface area contributed by atoms with E-state index < -0.39 is 5.41 Å². The fourth-order valence-corrected chi connectivity index (χ4v) is 8.89. The van der Waals surface area contributed by atoms with Gasteiger partial charge < -0.3 is 4.74 Å². The maximum atomic E-state index is 6.76. The standard InChI is InChI=1S/C45H26O/c1-4-18-37-31(13-1)34-16-7-10-27-12-9-20-40(42(27)34)45(37)38-19-5-2-14-32(38)36-26-29(23-25-39(36)45)30-24-22-28-11-8-17-35-33-15-3-6-21-41(33)46-44(30)43(28)35/h1-26H. The highest BCUT2D eigenvalue weighted by Crippen LogP contribution is 2.62. The molecule has 2 aliphatic carbocycles. The van der Waals surface area contributed by atoms with Crippen LogP contribution in [0, 0.1) is 0 Å². The summed E-state index contributed by atoms with van der Waals surface area (Å²) in [6, 6.07) is 58.2. The van der Waals surface area contributed by atoms with E-state index in [9.17, 15) is 0 Å². The van der Waals surface area contributed by atoms with E-state index >= 15 is 0 Å². The van der Waals surface area contributed by atoms with Crippen molar-refractivity contribution in [2.45, 2.75) is 5.41 Å². The molecular weight excluding hydrogens is 556 g/mol. The lowest BCUT2D eigenvalue weighted by Crippen LogP contribution is -2.31. The lowest BCUT2D eigenvalue weighted by atomic mass is 9.61. The minimum Gasteiger partial charge on any atom is -0.455 e. The van der Waals surface area contributed by atoms with E-state index in [1.807, 2.05) is 0 Å². The van der Waals surface area contributed by atoms with Crippen molar-refractivity contribution in [3.8, 4) is 56.0 Å². The summed E-state index contributed by atoms with van der Waals surface area (Å²) in [4.78, 5) is 0. The van der Waals surface area contributed by atoms with Gasteiger partial charge in [-0.1, -0.05) is 140 Å². The van der Waals surface area contributed by atoms with Crippen LogP contribution >= 0.6 is 0 Å². The number of benzene rings is 8. The Morgan fingerprint density at radius 3 is 1.70 bits per heavy atom. The molecule has 1 heterocycles. The van der Waals surface area contributed by atoms with Crippen LogP contribution < -0.4 is 4.74 Å². The average molecular weight is 583 g/mol. The fourth-order valence-electron chi connectivity index (χ4n) is 8.89. The van der Waals surface area contributed by atoms with E-state index in [-0.39, 0.29) is 0 Å². The molecule has 0 amide bonds. The highest BCUT2D eigenvalue weighted by molar-refractivity contribution is 6.09. The van der Waals surface area contributed by atoms with Crippen LogP contribution in [-0.4, -0.2) is 0 Å². The summed E-state index contributed by atoms with van der Waals surface area (Å²) in [5.41, 5.74) is 14.9. The second-order valence-corrected chi connectivity index (χ2v) is 12.8. The fraction of sp³-hybridized carbons (Fsp3) is 0.0222. The molecular formula is C45H26O. The molecule has 1 atom stereocenters. The van der Waals surface area contributed by atoms with Crippen molar-refractivity contribution in [1.29, 1.82) is 0 Å². The van der Waals surface area contributed by atoms with Crippen molar-refractivity contribution < 1.29 is 4.74 Å². The Labute approximate surface area is 267 Å². The van der Waals surface area contributed by atoms with Gasteiger partial charge in [0, 0.05) is 16.5 Å². The van der Waals surface area contributed by atoms with E-state index in [1.165, 1.54) is 77.2 Å². The molecule has 1 heteroatoms. The van der Waals surface area contributed by atoms with Crippen LogP contribution in [0.3, 0.4) is 0 Å². The maximum absolute atomic E-state index is 6.76. The van der Waals surface area contributed by atoms with Crippen LogP contribution in [0.5, 0.6) is 11.5 Å². The molecule has 0 bridgehead atoms. The van der Waals surface area contributed by atoms with E-state index in [0.29, 0.717) is 0 Å². The minimum absolute atomic E-state index is 0.408. The second kappa shape index (κ2) is 8.62. The molecule has 0 saturated heterocycles. The third-order valence-electron chi connectivity index (χ3n) is 10.7. The van der Waals surface area contributed by atoms with Crippen molar-refractivity contribution in [1.82, 2.24) is 0 Å². The molecule has 0 fully saturated rings. The number of fused-ring (bicyclic) bond motifs is 11. The third-order valence-corrected chi connectivity index (χ3v) is 10.7. The first kappa shape index (κ1) is 24.4. The van der Waals surface area contributed by atoms with Crippen molar-refractivity contribution in [2.24, 2.45) is 0 Å². The Balaban J connectivity index is 1.22. The second-order valence-electron chi connectivity index (χ2n) is 12.8. The summed E-state index contributed by atoms with van der Waals surface area (Å²) in [6.07, 6.45) is 0. The lowest BCUT2D eigenvalue weighted by molar-refractivity contribution is 0.489. The van der Waals surface area contributed by atoms with Crippen LogP contribution in [0.4, 0.5) is 0 Å². The van der Waals surface area contributed by atoms with Gasteiger partial charge in [-0.15, -0.1) is 0 Å². The normalized spacial score (nSPS) is 16.1. The topological polar surface area (TPSA) is 9.23 Å². The maximum Gasteiger partial charge on any atom is 0.143 e. The number of rotatable bonds is 1. The zero-order chi connectivity index (χ0) is 30.0. The van der Waals surface area contributed by atoms with Gasteiger partial charge >= 0.3 is 0 Å². The van der Waals surface area contributed by atoms with Gasteiger partial charge in [-0.2, -0.15) is 0 Å². The Hall–Kier alpha value is -5.92. The molecule has 0 aromatic heterocycles. The molecule has 1 aliphatic heterocycles. The van der Waals surface area contributed by atoms with Crippen LogP contribution in [0.1, 0.15) is 22.3 Å². The summed E-state index contributed by atoms with van der Waals surface area (Å²) in [5, 5.41) is 5.02. The Morgan fingerprint density at radius 1 is 0.348 bits per heavy atom. The SMILES string of the molecule is c1ccc2c(c1)Oc1c(-c3ccc4c(c3)-c3ccccc3C43c4ccccc4-c4cccc5cccc3c45)ccc3cccc-2c13. The summed E-state index contributed by atoms with van der Waals surface area (Å²) in [6.45, 7) is 0. The first-order chi connectivity index (χ1) is 22.8. The molecule has 1 spiro atoms. The average Bonchev–Trinajstić information content (AvgIpc) is 3.41. The summed E-state index contributed by atoms with van der Waals surface area (Å²) < 4.78 is 6.76. The lowest BCUT2D eigenvalue weighted by Gasteiger charge is -2.40. The summed E-state index contributed by atoms with van der Waals surface area (Å²) in [7, 11) is 0. The van der Waals surface area contributed by atoms with Crippen LogP contribution in [0.2, 0.25) is 0 Å². The molecule has 11 rings (SSSR count). The predicted molar refractivity (Wildman–Crippen MR) is 189 cm³/mol. The zero-order valence-corrected chi connectivity index (χ0v) is 24.9. The van der Waals surface area contributed by atoms with Crippen molar-refractivity contribution in [3.63, 3.8) is 0 Å². The molecule has 0 saturated carbocycles. The van der Waals surface area contributed by atoms with Gasteiger partial charge in [0.2, 0.25) is 0 Å². The molecule has 1 unspecified atom stereocenters. The Morgan fingerprint density at radius 2 is 0.913 bits per heavy atom. The minimum atomic E-state index is -0.408. The van der Waals surface area contributed by atoms with Gasteiger partial charge in [0.15, 0.2) is 0 Å². The molecule has 0 radical (unpaired) electrons. The molecule has 3 aliphatic rings. The van der Waals surface area contributed by atoms with Gasteiger partial charge in [0.1, 0.15) is 11.5 Å². The highest BCUT2D eigenvalue weighted by Gasteiger charge is 2.50. The molecule has 212 valence electrons. The van der Waals surface area contributed by atoms with E-state index in [2.05, 4.69) is 158 Å². The van der Waals surface area contributed by atoms with Gasteiger partial charge in [-0.25, -0.2) is 0 Å². The largest absolute Gasteiger partial charge is 0.455 e. The quantitative estimate of drug-likeness (QED) is 0.187. The number of para-hydroxylation sites is 1. The van der Waals surface area contributed by atoms with Crippen molar-refractivity contribution >= 4 is 21.5 Å². The first-order valence-electron chi connectivity index (χ1n) is 16.0. The number of ether oxygens (including phenoxy) is 1. The smallest absolute Gasteiger partial charge is 0.143 e. The van der Waals surface area contributed by atoms with E-state index in [0.717, 1.165) is 22.6 Å². The molecule has 46 heavy (non-hydrogen) atoms. The Kier molecular flexibility index (Phi) is 4.57. The molecule has 0 N–H and O–H groups in total.